The summed E-state index contributed by atoms with van der Waals surface area (Å²) in [4.78, 5) is 12.5. The zero-order valence-corrected chi connectivity index (χ0v) is 12.3. The van der Waals surface area contributed by atoms with Crippen LogP contribution in [0.3, 0.4) is 0 Å². The molecule has 116 valence electrons. The number of hydrogen-bond acceptors (Lipinski definition) is 2. The Hall–Kier alpha value is -0.980. The molecule has 1 atom stereocenters. The summed E-state index contributed by atoms with van der Waals surface area (Å²) in [6.45, 7) is -0.423. The van der Waals surface area contributed by atoms with Crippen LogP contribution in [-0.4, -0.2) is 35.2 Å². The standard InChI is InChI=1S/C13H12Cl2F3NO2/c14-9-3-1-2-8(10(9)15)6-19-5-4-12(7-19,11(20)21)13(16,17)18/h1-3H,4-7H2,(H,20,21). The lowest BCUT2D eigenvalue weighted by Gasteiger charge is -2.27. The molecule has 1 aromatic carbocycles. The summed E-state index contributed by atoms with van der Waals surface area (Å²) in [6.07, 6.45) is -5.25. The zero-order valence-electron chi connectivity index (χ0n) is 10.8. The second kappa shape index (κ2) is 5.66. The van der Waals surface area contributed by atoms with E-state index in [1.807, 2.05) is 0 Å². The molecule has 0 aliphatic carbocycles. The molecule has 1 unspecified atom stereocenters. The van der Waals surface area contributed by atoms with Crippen LogP contribution in [0.4, 0.5) is 13.2 Å². The highest BCUT2D eigenvalue weighted by Gasteiger charge is 2.63. The number of likely N-dealkylation sites (tertiary alicyclic amines) is 1. The fourth-order valence-electron chi connectivity index (χ4n) is 2.46. The number of nitrogens with zero attached hydrogens (tertiary/aromatic N) is 1. The highest BCUT2D eigenvalue weighted by Crippen LogP contribution is 2.46. The maximum Gasteiger partial charge on any atom is 0.406 e. The third kappa shape index (κ3) is 2.98. The van der Waals surface area contributed by atoms with Gasteiger partial charge in [-0.1, -0.05) is 35.3 Å². The molecular weight excluding hydrogens is 330 g/mol. The fraction of sp³-hybridized carbons (Fsp3) is 0.462. The van der Waals surface area contributed by atoms with E-state index in [9.17, 15) is 18.0 Å². The monoisotopic (exact) mass is 341 g/mol. The normalized spacial score (nSPS) is 23.5. The SMILES string of the molecule is O=C(O)C1(C(F)(F)F)CCN(Cc2cccc(Cl)c2Cl)C1. The first-order valence-corrected chi connectivity index (χ1v) is 6.88. The van der Waals surface area contributed by atoms with Crippen molar-refractivity contribution >= 4 is 29.2 Å². The molecule has 0 bridgehead atoms. The number of halogens is 5. The third-order valence-corrected chi connectivity index (χ3v) is 4.58. The van der Waals surface area contributed by atoms with E-state index in [0.29, 0.717) is 10.6 Å². The lowest BCUT2D eigenvalue weighted by Crippen LogP contribution is -2.47. The van der Waals surface area contributed by atoms with Gasteiger partial charge in [0.1, 0.15) is 0 Å². The van der Waals surface area contributed by atoms with Crippen LogP contribution in [0.1, 0.15) is 12.0 Å². The maximum atomic E-state index is 13.1. The van der Waals surface area contributed by atoms with Gasteiger partial charge in [-0.05, 0) is 18.1 Å². The van der Waals surface area contributed by atoms with Gasteiger partial charge in [0, 0.05) is 19.6 Å². The average Bonchev–Trinajstić information content (AvgIpc) is 2.80. The molecule has 2 rings (SSSR count). The van der Waals surface area contributed by atoms with Crippen LogP contribution in [0.15, 0.2) is 18.2 Å². The predicted molar refractivity (Wildman–Crippen MR) is 72.5 cm³/mol. The lowest BCUT2D eigenvalue weighted by molar-refractivity contribution is -0.227. The van der Waals surface area contributed by atoms with Gasteiger partial charge in [0.25, 0.3) is 0 Å². The van der Waals surface area contributed by atoms with E-state index in [0.717, 1.165) is 0 Å². The number of alkyl halides is 3. The maximum absolute atomic E-state index is 13.1. The highest BCUT2D eigenvalue weighted by molar-refractivity contribution is 6.42. The van der Waals surface area contributed by atoms with Gasteiger partial charge in [-0.15, -0.1) is 0 Å². The number of carbonyl (C=O) groups is 1. The Morgan fingerprint density at radius 1 is 1.38 bits per heavy atom. The Kier molecular flexibility index (Phi) is 4.42. The van der Waals surface area contributed by atoms with Crippen molar-refractivity contribution in [1.29, 1.82) is 0 Å². The number of aliphatic carboxylic acids is 1. The average molecular weight is 342 g/mol. The van der Waals surface area contributed by atoms with Gasteiger partial charge in [0.2, 0.25) is 0 Å². The van der Waals surface area contributed by atoms with Gasteiger partial charge in [-0.25, -0.2) is 0 Å². The van der Waals surface area contributed by atoms with Crippen LogP contribution in [-0.2, 0) is 11.3 Å². The van der Waals surface area contributed by atoms with E-state index in [1.165, 1.54) is 4.90 Å². The van der Waals surface area contributed by atoms with Crippen LogP contribution in [0.5, 0.6) is 0 Å². The molecule has 1 aliphatic rings. The molecular formula is C13H12Cl2F3NO2. The molecule has 8 heteroatoms. The molecule has 1 heterocycles. The second-order valence-electron chi connectivity index (χ2n) is 5.06. The predicted octanol–water partition coefficient (Wildman–Crippen LogP) is 3.83. The van der Waals surface area contributed by atoms with Gasteiger partial charge in [0.05, 0.1) is 10.0 Å². The summed E-state index contributed by atoms with van der Waals surface area (Å²) in [7, 11) is 0. The Labute approximate surface area is 129 Å². The van der Waals surface area contributed by atoms with Crippen LogP contribution in [0, 0.1) is 5.41 Å². The van der Waals surface area contributed by atoms with E-state index in [4.69, 9.17) is 28.3 Å². The van der Waals surface area contributed by atoms with Crippen molar-refractivity contribution in [2.75, 3.05) is 13.1 Å². The lowest BCUT2D eigenvalue weighted by atomic mass is 9.86. The molecule has 0 aromatic heterocycles. The van der Waals surface area contributed by atoms with Crippen molar-refractivity contribution in [1.82, 2.24) is 4.90 Å². The molecule has 0 radical (unpaired) electrons. The Morgan fingerprint density at radius 2 is 2.05 bits per heavy atom. The van der Waals surface area contributed by atoms with Crippen molar-refractivity contribution in [3.63, 3.8) is 0 Å². The highest BCUT2D eigenvalue weighted by atomic mass is 35.5. The van der Waals surface area contributed by atoms with E-state index in [-0.39, 0.29) is 18.1 Å². The Morgan fingerprint density at radius 3 is 2.57 bits per heavy atom. The minimum absolute atomic E-state index is 0.0364. The molecule has 1 fully saturated rings. The summed E-state index contributed by atoms with van der Waals surface area (Å²) < 4.78 is 39.2. The summed E-state index contributed by atoms with van der Waals surface area (Å²) in [5.74, 6) is -1.84. The third-order valence-electron chi connectivity index (χ3n) is 3.73. The minimum atomic E-state index is -4.79. The second-order valence-corrected chi connectivity index (χ2v) is 5.84. The quantitative estimate of drug-likeness (QED) is 0.908. The number of rotatable bonds is 3. The van der Waals surface area contributed by atoms with E-state index < -0.39 is 30.5 Å². The summed E-state index contributed by atoms with van der Waals surface area (Å²) in [5, 5.41) is 9.58. The van der Waals surface area contributed by atoms with Crippen LogP contribution >= 0.6 is 23.2 Å². The minimum Gasteiger partial charge on any atom is -0.481 e. The van der Waals surface area contributed by atoms with Crippen molar-refractivity contribution in [3.8, 4) is 0 Å². The van der Waals surface area contributed by atoms with Gasteiger partial charge in [0.15, 0.2) is 5.41 Å². The van der Waals surface area contributed by atoms with Crippen molar-refractivity contribution in [2.24, 2.45) is 5.41 Å². The van der Waals surface area contributed by atoms with E-state index in [2.05, 4.69) is 0 Å². The first kappa shape index (κ1) is 16.4. The summed E-state index contributed by atoms with van der Waals surface area (Å²) in [5.41, 5.74) is -2.13. The van der Waals surface area contributed by atoms with Gasteiger partial charge in [-0.3, -0.25) is 9.69 Å². The van der Waals surface area contributed by atoms with Gasteiger partial charge >= 0.3 is 12.1 Å². The Balaban J connectivity index is 2.19. The van der Waals surface area contributed by atoms with Gasteiger partial charge in [-0.2, -0.15) is 13.2 Å². The van der Waals surface area contributed by atoms with Crippen molar-refractivity contribution < 1.29 is 23.1 Å². The first-order chi connectivity index (χ1) is 9.67. The molecule has 21 heavy (non-hydrogen) atoms. The molecule has 1 aliphatic heterocycles. The van der Waals surface area contributed by atoms with E-state index >= 15 is 0 Å². The number of carboxylic acids is 1. The van der Waals surface area contributed by atoms with Crippen LogP contribution in [0.2, 0.25) is 10.0 Å². The molecule has 1 N–H and O–H groups in total. The fourth-order valence-corrected chi connectivity index (χ4v) is 2.84. The number of hydrogen-bond donors (Lipinski definition) is 1. The van der Waals surface area contributed by atoms with Crippen molar-refractivity contribution in [3.05, 3.63) is 33.8 Å². The topological polar surface area (TPSA) is 40.5 Å². The smallest absolute Gasteiger partial charge is 0.406 e. The zero-order chi connectivity index (χ0) is 15.8. The summed E-state index contributed by atoms with van der Waals surface area (Å²) >= 11 is 11.9. The summed E-state index contributed by atoms with van der Waals surface area (Å²) in [6, 6.07) is 4.88. The van der Waals surface area contributed by atoms with Crippen LogP contribution < -0.4 is 0 Å². The largest absolute Gasteiger partial charge is 0.481 e. The van der Waals surface area contributed by atoms with Crippen LogP contribution in [0.25, 0.3) is 0 Å². The van der Waals surface area contributed by atoms with E-state index in [1.54, 1.807) is 18.2 Å². The molecule has 3 nitrogen and oxygen atoms in total. The molecule has 1 saturated heterocycles. The molecule has 0 spiro atoms. The van der Waals surface area contributed by atoms with Gasteiger partial charge < -0.3 is 5.11 Å². The Bertz CT molecular complexity index is 565. The molecule has 0 amide bonds. The molecule has 1 aromatic rings. The molecule has 0 saturated carbocycles. The van der Waals surface area contributed by atoms with Crippen molar-refractivity contribution in [2.45, 2.75) is 19.1 Å². The first-order valence-electron chi connectivity index (χ1n) is 6.13. The number of carboxylic acid groups (broad SMARTS) is 1. The number of benzene rings is 1.